The molecule has 0 amide bonds. The maximum Gasteiger partial charge on any atom is 0.250 e. The van der Waals surface area contributed by atoms with Crippen LogP contribution < -0.4 is 5.32 Å². The molecule has 0 bridgehead atoms. The first-order valence-corrected chi connectivity index (χ1v) is 4.36. The average Bonchev–Trinajstić information content (AvgIpc) is 2.56. The third-order valence-electron chi connectivity index (χ3n) is 2.29. The Morgan fingerprint density at radius 1 is 1.62 bits per heavy atom. The summed E-state index contributed by atoms with van der Waals surface area (Å²) < 4.78 is 5.27. The standard InChI is InChI=1S/C8H14N4O/c1-11-3-4-12(7(9)6-11)8-10-2-5-13-8/h2,5,8-10H,3-4,6H2,1H3. The smallest absolute Gasteiger partial charge is 0.250 e. The molecule has 0 aliphatic carbocycles. The van der Waals surface area contributed by atoms with Crippen LogP contribution in [0.4, 0.5) is 0 Å². The van der Waals surface area contributed by atoms with Crippen LogP contribution in [-0.2, 0) is 4.74 Å². The van der Waals surface area contributed by atoms with E-state index in [9.17, 15) is 0 Å². The molecule has 2 aliphatic heterocycles. The highest BCUT2D eigenvalue weighted by Crippen LogP contribution is 2.09. The van der Waals surface area contributed by atoms with Crippen molar-refractivity contribution in [3.05, 3.63) is 12.5 Å². The van der Waals surface area contributed by atoms with E-state index in [0.717, 1.165) is 13.1 Å². The number of amidine groups is 1. The number of piperazine rings is 1. The van der Waals surface area contributed by atoms with Crippen molar-refractivity contribution >= 4 is 5.84 Å². The minimum Gasteiger partial charge on any atom is -0.458 e. The molecule has 0 radical (unpaired) electrons. The number of nitrogens with one attached hydrogen (secondary N) is 2. The molecule has 0 aromatic heterocycles. The van der Waals surface area contributed by atoms with Crippen LogP contribution in [0, 0.1) is 5.41 Å². The molecule has 0 spiro atoms. The van der Waals surface area contributed by atoms with E-state index in [2.05, 4.69) is 10.2 Å². The lowest BCUT2D eigenvalue weighted by atomic mass is 10.3. The van der Waals surface area contributed by atoms with Crippen molar-refractivity contribution in [3.8, 4) is 0 Å². The van der Waals surface area contributed by atoms with Gasteiger partial charge in [0.15, 0.2) is 0 Å². The summed E-state index contributed by atoms with van der Waals surface area (Å²) in [6.45, 7) is 2.51. The van der Waals surface area contributed by atoms with Crippen molar-refractivity contribution in [2.45, 2.75) is 6.35 Å². The molecule has 0 aromatic rings. The number of ether oxygens (including phenoxy) is 1. The summed E-state index contributed by atoms with van der Waals surface area (Å²) in [4.78, 5) is 4.06. The molecule has 2 rings (SSSR count). The molecule has 0 aromatic carbocycles. The van der Waals surface area contributed by atoms with Crippen LogP contribution in [0.2, 0.25) is 0 Å². The maximum absolute atomic E-state index is 7.78. The Hall–Kier alpha value is -1.23. The zero-order chi connectivity index (χ0) is 9.26. The Bertz CT molecular complexity index is 232. The van der Waals surface area contributed by atoms with Gasteiger partial charge in [-0.3, -0.25) is 10.3 Å². The van der Waals surface area contributed by atoms with Crippen LogP contribution in [0.3, 0.4) is 0 Å². The minimum atomic E-state index is -0.166. The van der Waals surface area contributed by atoms with Crippen molar-refractivity contribution in [1.82, 2.24) is 15.1 Å². The second-order valence-electron chi connectivity index (χ2n) is 3.34. The molecule has 2 heterocycles. The second-order valence-corrected chi connectivity index (χ2v) is 3.34. The quantitative estimate of drug-likeness (QED) is 0.578. The predicted octanol–water partition coefficient (Wildman–Crippen LogP) is -0.414. The molecule has 2 N–H and O–H groups in total. The molecule has 2 aliphatic rings. The first kappa shape index (κ1) is 8.37. The fourth-order valence-electron chi connectivity index (χ4n) is 1.54. The molecule has 5 heteroatoms. The van der Waals surface area contributed by atoms with Gasteiger partial charge < -0.3 is 15.0 Å². The maximum atomic E-state index is 7.78. The lowest BCUT2D eigenvalue weighted by molar-refractivity contribution is 0.0252. The fourth-order valence-corrected chi connectivity index (χ4v) is 1.54. The second kappa shape index (κ2) is 3.26. The lowest BCUT2D eigenvalue weighted by Crippen LogP contribution is -2.55. The Balaban J connectivity index is 1.95. The van der Waals surface area contributed by atoms with E-state index in [-0.39, 0.29) is 6.35 Å². The first-order chi connectivity index (χ1) is 6.27. The van der Waals surface area contributed by atoms with E-state index >= 15 is 0 Å². The minimum absolute atomic E-state index is 0.166. The van der Waals surface area contributed by atoms with Gasteiger partial charge in [-0.15, -0.1) is 0 Å². The molecular weight excluding hydrogens is 168 g/mol. The Kier molecular flexibility index (Phi) is 2.10. The van der Waals surface area contributed by atoms with Crippen LogP contribution in [0.15, 0.2) is 12.5 Å². The van der Waals surface area contributed by atoms with Crippen molar-refractivity contribution < 1.29 is 4.74 Å². The Morgan fingerprint density at radius 2 is 2.46 bits per heavy atom. The van der Waals surface area contributed by atoms with Crippen LogP contribution in [-0.4, -0.2) is 48.7 Å². The molecular formula is C8H14N4O. The third kappa shape index (κ3) is 1.60. The summed E-state index contributed by atoms with van der Waals surface area (Å²) in [5.74, 6) is 0.606. The van der Waals surface area contributed by atoms with Gasteiger partial charge in [-0.1, -0.05) is 0 Å². The van der Waals surface area contributed by atoms with Gasteiger partial charge in [-0.05, 0) is 7.05 Å². The van der Waals surface area contributed by atoms with Gasteiger partial charge in [0.25, 0.3) is 6.35 Å². The van der Waals surface area contributed by atoms with Gasteiger partial charge >= 0.3 is 0 Å². The number of likely N-dealkylation sites (N-methyl/N-ethyl adjacent to an activating group) is 1. The first-order valence-electron chi connectivity index (χ1n) is 4.36. The highest BCUT2D eigenvalue weighted by molar-refractivity contribution is 5.82. The van der Waals surface area contributed by atoms with Crippen LogP contribution in [0.5, 0.6) is 0 Å². The summed E-state index contributed by atoms with van der Waals surface area (Å²) in [6, 6.07) is 0. The molecule has 5 nitrogen and oxygen atoms in total. The van der Waals surface area contributed by atoms with Gasteiger partial charge in [-0.25, -0.2) is 0 Å². The number of hydrogen-bond donors (Lipinski definition) is 2. The molecule has 1 unspecified atom stereocenters. The van der Waals surface area contributed by atoms with E-state index in [1.165, 1.54) is 0 Å². The van der Waals surface area contributed by atoms with E-state index in [1.807, 2.05) is 11.9 Å². The average molecular weight is 182 g/mol. The van der Waals surface area contributed by atoms with Crippen LogP contribution >= 0.6 is 0 Å². The Labute approximate surface area is 77.5 Å². The van der Waals surface area contributed by atoms with Crippen molar-refractivity contribution in [3.63, 3.8) is 0 Å². The highest BCUT2D eigenvalue weighted by Gasteiger charge is 2.26. The lowest BCUT2D eigenvalue weighted by Gasteiger charge is -2.37. The molecule has 1 atom stereocenters. The number of rotatable bonds is 1. The normalized spacial score (nSPS) is 28.8. The summed E-state index contributed by atoms with van der Waals surface area (Å²) in [5.41, 5.74) is 0. The molecule has 72 valence electrons. The largest absolute Gasteiger partial charge is 0.458 e. The van der Waals surface area contributed by atoms with Gasteiger partial charge in [0.2, 0.25) is 0 Å². The van der Waals surface area contributed by atoms with E-state index in [4.69, 9.17) is 10.1 Å². The topological polar surface area (TPSA) is 51.6 Å². The van der Waals surface area contributed by atoms with E-state index in [0.29, 0.717) is 12.4 Å². The molecule has 0 saturated carbocycles. The van der Waals surface area contributed by atoms with E-state index in [1.54, 1.807) is 12.5 Å². The number of nitrogens with zero attached hydrogens (tertiary/aromatic N) is 2. The monoisotopic (exact) mass is 182 g/mol. The number of hydrogen-bond acceptors (Lipinski definition) is 4. The molecule has 1 fully saturated rings. The van der Waals surface area contributed by atoms with Gasteiger partial charge in [-0.2, -0.15) is 0 Å². The predicted molar refractivity (Wildman–Crippen MR) is 49.1 cm³/mol. The van der Waals surface area contributed by atoms with Crippen LogP contribution in [0.25, 0.3) is 0 Å². The van der Waals surface area contributed by atoms with Crippen molar-refractivity contribution in [2.24, 2.45) is 0 Å². The van der Waals surface area contributed by atoms with Gasteiger partial charge in [0, 0.05) is 19.3 Å². The molecule has 1 saturated heterocycles. The zero-order valence-electron chi connectivity index (χ0n) is 7.66. The summed E-state index contributed by atoms with van der Waals surface area (Å²) >= 11 is 0. The van der Waals surface area contributed by atoms with Crippen molar-refractivity contribution in [2.75, 3.05) is 26.7 Å². The van der Waals surface area contributed by atoms with Crippen molar-refractivity contribution in [1.29, 1.82) is 5.41 Å². The summed E-state index contributed by atoms with van der Waals surface area (Å²) in [7, 11) is 2.02. The third-order valence-corrected chi connectivity index (χ3v) is 2.29. The fraction of sp³-hybridized carbons (Fsp3) is 0.625. The molecule has 13 heavy (non-hydrogen) atoms. The van der Waals surface area contributed by atoms with Crippen LogP contribution in [0.1, 0.15) is 0 Å². The van der Waals surface area contributed by atoms with Gasteiger partial charge in [0.05, 0.1) is 6.54 Å². The van der Waals surface area contributed by atoms with Gasteiger partial charge in [0.1, 0.15) is 12.1 Å². The summed E-state index contributed by atoms with van der Waals surface area (Å²) in [5, 5.41) is 10.8. The zero-order valence-corrected chi connectivity index (χ0v) is 7.66. The Morgan fingerprint density at radius 3 is 3.08 bits per heavy atom. The highest BCUT2D eigenvalue weighted by atomic mass is 16.5. The van der Waals surface area contributed by atoms with E-state index < -0.39 is 0 Å². The SMILES string of the molecule is CN1CCN(C2NC=CO2)C(=N)C1. The summed E-state index contributed by atoms with van der Waals surface area (Å²) in [6.07, 6.45) is 3.22.